The highest BCUT2D eigenvalue weighted by molar-refractivity contribution is 7.71. The largest absolute Gasteiger partial charge is 0.379 e. The monoisotopic (exact) mass is 349 g/mol. The Bertz CT molecular complexity index is 854. The van der Waals surface area contributed by atoms with Crippen LogP contribution in [0, 0.1) is 10.7 Å². The van der Waals surface area contributed by atoms with Gasteiger partial charge in [-0.3, -0.25) is 14.2 Å². The number of hydrogen-bond acceptors (Lipinski definition) is 4. The second-order valence-electron chi connectivity index (χ2n) is 6.36. The number of nitrogens with one attached hydrogen (secondary N) is 2. The van der Waals surface area contributed by atoms with Crippen LogP contribution in [0.3, 0.4) is 0 Å². The summed E-state index contributed by atoms with van der Waals surface area (Å²) in [6.07, 6.45) is 0. The molecule has 1 aromatic heterocycles. The SMILES string of the molecule is CC(C)COC[C@@H](C)NC(=O)c1ccc2c(=O)n(C)c(=S)[nH]c2c1. The van der Waals surface area contributed by atoms with Crippen LogP contribution in [0.1, 0.15) is 31.1 Å². The van der Waals surface area contributed by atoms with Gasteiger partial charge in [0.05, 0.1) is 17.5 Å². The van der Waals surface area contributed by atoms with Crippen LogP contribution in [0.2, 0.25) is 0 Å². The number of benzene rings is 1. The fourth-order valence-corrected chi connectivity index (χ4v) is 2.47. The number of H-pyrrole nitrogens is 1. The predicted molar refractivity (Wildman–Crippen MR) is 97.0 cm³/mol. The summed E-state index contributed by atoms with van der Waals surface area (Å²) in [7, 11) is 1.61. The van der Waals surface area contributed by atoms with Gasteiger partial charge < -0.3 is 15.0 Å². The van der Waals surface area contributed by atoms with Crippen LogP contribution in [0.4, 0.5) is 0 Å². The first-order valence-corrected chi connectivity index (χ1v) is 8.32. The molecule has 130 valence electrons. The third-order valence-corrected chi connectivity index (χ3v) is 3.94. The molecular formula is C17H23N3O3S. The van der Waals surface area contributed by atoms with Crippen LogP contribution in [-0.2, 0) is 11.8 Å². The summed E-state index contributed by atoms with van der Waals surface area (Å²) in [6.45, 7) is 7.16. The van der Waals surface area contributed by atoms with E-state index in [-0.39, 0.29) is 17.5 Å². The van der Waals surface area contributed by atoms with Crippen molar-refractivity contribution < 1.29 is 9.53 Å². The number of amides is 1. The van der Waals surface area contributed by atoms with Gasteiger partial charge in [-0.05, 0) is 43.3 Å². The van der Waals surface area contributed by atoms with Gasteiger partial charge in [0, 0.05) is 25.3 Å². The molecule has 0 fully saturated rings. The lowest BCUT2D eigenvalue weighted by molar-refractivity contribution is 0.0792. The van der Waals surface area contributed by atoms with Gasteiger partial charge >= 0.3 is 0 Å². The van der Waals surface area contributed by atoms with Crippen molar-refractivity contribution in [2.45, 2.75) is 26.8 Å². The summed E-state index contributed by atoms with van der Waals surface area (Å²) in [5.74, 6) is 0.247. The van der Waals surface area contributed by atoms with Crippen molar-refractivity contribution >= 4 is 29.0 Å². The molecular weight excluding hydrogens is 326 g/mol. The normalized spacial score (nSPS) is 12.5. The zero-order chi connectivity index (χ0) is 17.9. The lowest BCUT2D eigenvalue weighted by Gasteiger charge is -2.15. The van der Waals surface area contributed by atoms with E-state index in [9.17, 15) is 9.59 Å². The average molecular weight is 349 g/mol. The molecule has 24 heavy (non-hydrogen) atoms. The third kappa shape index (κ3) is 4.30. The molecule has 0 aliphatic heterocycles. The lowest BCUT2D eigenvalue weighted by atomic mass is 10.1. The Labute approximate surface area is 145 Å². The molecule has 0 spiro atoms. The molecule has 2 rings (SSSR count). The fraction of sp³-hybridized carbons (Fsp3) is 0.471. The second kappa shape index (κ2) is 7.72. The van der Waals surface area contributed by atoms with Gasteiger partial charge in [0.2, 0.25) is 0 Å². The molecule has 0 unspecified atom stereocenters. The molecule has 6 nitrogen and oxygen atoms in total. The Balaban J connectivity index is 2.14. The maximum atomic E-state index is 12.3. The minimum atomic E-state index is -0.211. The maximum absolute atomic E-state index is 12.3. The first-order chi connectivity index (χ1) is 11.3. The first-order valence-electron chi connectivity index (χ1n) is 7.91. The molecule has 7 heteroatoms. The van der Waals surface area contributed by atoms with Crippen molar-refractivity contribution in [3.63, 3.8) is 0 Å². The smallest absolute Gasteiger partial charge is 0.261 e. The van der Waals surface area contributed by atoms with E-state index in [4.69, 9.17) is 17.0 Å². The number of rotatable bonds is 6. The quantitative estimate of drug-likeness (QED) is 0.785. The van der Waals surface area contributed by atoms with E-state index in [0.29, 0.717) is 40.4 Å². The molecule has 0 radical (unpaired) electrons. The molecule has 1 aromatic carbocycles. The zero-order valence-electron chi connectivity index (χ0n) is 14.4. The van der Waals surface area contributed by atoms with Gasteiger partial charge in [0.1, 0.15) is 0 Å². The third-order valence-electron chi connectivity index (χ3n) is 3.56. The standard InChI is InChI=1S/C17H23N3O3S/c1-10(2)8-23-9-11(3)18-15(21)12-5-6-13-14(7-12)19-17(24)20(4)16(13)22/h5-7,10-11H,8-9H2,1-4H3,(H,18,21)(H,19,24)/t11-/m1/s1. The summed E-state index contributed by atoms with van der Waals surface area (Å²) in [4.78, 5) is 27.5. The highest BCUT2D eigenvalue weighted by atomic mass is 32.1. The van der Waals surface area contributed by atoms with Crippen molar-refractivity contribution in [3.8, 4) is 0 Å². The summed E-state index contributed by atoms with van der Waals surface area (Å²) in [6, 6.07) is 4.81. The minimum absolute atomic E-state index is 0.103. The number of carbonyl (C=O) groups is 1. The Kier molecular flexibility index (Phi) is 5.90. The number of aromatic amines is 1. The van der Waals surface area contributed by atoms with Crippen LogP contribution >= 0.6 is 12.2 Å². The first kappa shape index (κ1) is 18.4. The molecule has 2 aromatic rings. The molecule has 1 amide bonds. The van der Waals surface area contributed by atoms with Gasteiger partial charge in [-0.25, -0.2) is 0 Å². The highest BCUT2D eigenvalue weighted by Crippen LogP contribution is 2.11. The molecule has 1 atom stereocenters. The number of aromatic nitrogens is 2. The predicted octanol–water partition coefficient (Wildman–Crippen LogP) is 2.39. The van der Waals surface area contributed by atoms with Crippen LogP contribution in [0.5, 0.6) is 0 Å². The van der Waals surface area contributed by atoms with E-state index in [0.717, 1.165) is 0 Å². The van der Waals surface area contributed by atoms with Crippen LogP contribution in [0.25, 0.3) is 10.9 Å². The lowest BCUT2D eigenvalue weighted by Crippen LogP contribution is -2.36. The van der Waals surface area contributed by atoms with Gasteiger partial charge in [0.15, 0.2) is 4.77 Å². The number of ether oxygens (including phenoxy) is 1. The molecule has 2 N–H and O–H groups in total. The number of hydrogen-bond donors (Lipinski definition) is 2. The Morgan fingerprint density at radius 2 is 2.04 bits per heavy atom. The van der Waals surface area contributed by atoms with E-state index in [1.54, 1.807) is 25.2 Å². The molecule has 0 aliphatic rings. The van der Waals surface area contributed by atoms with Crippen molar-refractivity contribution in [1.29, 1.82) is 0 Å². The molecule has 0 bridgehead atoms. The maximum Gasteiger partial charge on any atom is 0.261 e. The number of fused-ring (bicyclic) bond motifs is 1. The second-order valence-corrected chi connectivity index (χ2v) is 6.75. The summed E-state index contributed by atoms with van der Waals surface area (Å²) < 4.78 is 7.22. The molecule has 0 saturated heterocycles. The molecule has 0 aliphatic carbocycles. The number of carbonyl (C=O) groups excluding carboxylic acids is 1. The van der Waals surface area contributed by atoms with Crippen molar-refractivity contribution in [2.75, 3.05) is 13.2 Å². The van der Waals surface area contributed by atoms with E-state index in [1.165, 1.54) is 4.57 Å². The van der Waals surface area contributed by atoms with Gasteiger partial charge in [-0.2, -0.15) is 0 Å². The Morgan fingerprint density at radius 1 is 1.33 bits per heavy atom. The van der Waals surface area contributed by atoms with Crippen LogP contribution in [0.15, 0.2) is 23.0 Å². The number of nitrogens with zero attached hydrogens (tertiary/aromatic N) is 1. The topological polar surface area (TPSA) is 76.1 Å². The van der Waals surface area contributed by atoms with Crippen molar-refractivity contribution in [3.05, 3.63) is 38.9 Å². The Morgan fingerprint density at radius 3 is 2.71 bits per heavy atom. The summed E-state index contributed by atoms with van der Waals surface area (Å²) in [5, 5.41) is 3.38. The van der Waals surface area contributed by atoms with Gasteiger partial charge in [-0.15, -0.1) is 0 Å². The van der Waals surface area contributed by atoms with Crippen molar-refractivity contribution in [1.82, 2.24) is 14.9 Å². The zero-order valence-corrected chi connectivity index (χ0v) is 15.2. The van der Waals surface area contributed by atoms with Crippen LogP contribution in [-0.4, -0.2) is 34.7 Å². The fourth-order valence-electron chi connectivity index (χ4n) is 2.28. The summed E-state index contributed by atoms with van der Waals surface area (Å²) in [5.41, 5.74) is 0.840. The van der Waals surface area contributed by atoms with E-state index in [1.807, 2.05) is 6.92 Å². The van der Waals surface area contributed by atoms with Crippen molar-refractivity contribution in [2.24, 2.45) is 13.0 Å². The highest BCUT2D eigenvalue weighted by Gasteiger charge is 2.12. The van der Waals surface area contributed by atoms with Crippen LogP contribution < -0.4 is 10.9 Å². The molecule has 0 saturated carbocycles. The van der Waals surface area contributed by atoms with E-state index >= 15 is 0 Å². The Hall–Kier alpha value is -1.99. The molecule has 1 heterocycles. The van der Waals surface area contributed by atoms with Gasteiger partial charge in [-0.1, -0.05) is 13.8 Å². The average Bonchev–Trinajstić information content (AvgIpc) is 2.51. The van der Waals surface area contributed by atoms with Gasteiger partial charge in [0.25, 0.3) is 11.5 Å². The van der Waals surface area contributed by atoms with E-state index in [2.05, 4.69) is 24.1 Å². The van der Waals surface area contributed by atoms with E-state index < -0.39 is 0 Å². The minimum Gasteiger partial charge on any atom is -0.379 e. The summed E-state index contributed by atoms with van der Waals surface area (Å²) >= 11 is 5.11.